The number of aliphatic imine (C=N–C) groups is 1. The molecule has 3 rings (SSSR count). The first-order chi connectivity index (χ1) is 9.49. The minimum absolute atomic E-state index is 0.171. The zero-order valence-electron chi connectivity index (χ0n) is 11.7. The number of anilines is 1. The SMILES string of the molecule is CC(C)C1COC(C2(N)C=Cc3ncnc(N)c3C2)=N1. The molecule has 4 N–H and O–H groups in total. The molecule has 0 amide bonds. The van der Waals surface area contributed by atoms with Gasteiger partial charge in [-0.15, -0.1) is 0 Å². The second-order valence-corrected chi connectivity index (χ2v) is 5.73. The van der Waals surface area contributed by atoms with Crippen molar-refractivity contribution in [2.24, 2.45) is 16.6 Å². The van der Waals surface area contributed by atoms with Crippen molar-refractivity contribution in [1.82, 2.24) is 9.97 Å². The molecule has 2 unspecified atom stereocenters. The standard InChI is InChI=1S/C14H19N5O/c1-8(2)11-6-20-13(19-11)14(16)4-3-10-9(5-14)12(15)18-7-17-10/h3-4,7-8,11H,5-6,16H2,1-2H3,(H2,15,17,18). The fourth-order valence-electron chi connectivity index (χ4n) is 2.48. The van der Waals surface area contributed by atoms with Gasteiger partial charge in [0, 0.05) is 12.0 Å². The Morgan fingerprint density at radius 3 is 2.90 bits per heavy atom. The third-order valence-electron chi connectivity index (χ3n) is 3.86. The highest BCUT2D eigenvalue weighted by Crippen LogP contribution is 2.29. The number of nitrogen functional groups attached to an aromatic ring is 1. The van der Waals surface area contributed by atoms with E-state index in [0.717, 1.165) is 11.3 Å². The van der Waals surface area contributed by atoms with Gasteiger partial charge in [-0.1, -0.05) is 19.9 Å². The van der Waals surface area contributed by atoms with Crippen molar-refractivity contribution >= 4 is 17.8 Å². The second kappa shape index (κ2) is 4.56. The Hall–Kier alpha value is -1.95. The normalized spacial score (nSPS) is 28.2. The lowest BCUT2D eigenvalue weighted by atomic mass is 9.86. The van der Waals surface area contributed by atoms with Crippen LogP contribution < -0.4 is 11.5 Å². The Kier molecular flexibility index (Phi) is 2.97. The summed E-state index contributed by atoms with van der Waals surface area (Å²) in [7, 11) is 0. The fraction of sp³-hybridized carbons (Fsp3) is 0.500. The van der Waals surface area contributed by atoms with Gasteiger partial charge in [0.05, 0.1) is 11.7 Å². The van der Waals surface area contributed by atoms with Crippen molar-refractivity contribution in [3.63, 3.8) is 0 Å². The molecule has 1 aromatic heterocycles. The molecule has 2 heterocycles. The minimum Gasteiger partial charge on any atom is -0.477 e. The van der Waals surface area contributed by atoms with Crippen LogP contribution in [0.5, 0.6) is 0 Å². The molecule has 20 heavy (non-hydrogen) atoms. The smallest absolute Gasteiger partial charge is 0.208 e. The van der Waals surface area contributed by atoms with Gasteiger partial charge in [-0.05, 0) is 12.0 Å². The molecule has 106 valence electrons. The Morgan fingerprint density at radius 1 is 1.40 bits per heavy atom. The molecule has 0 bridgehead atoms. The molecule has 6 nitrogen and oxygen atoms in total. The molecule has 0 saturated heterocycles. The summed E-state index contributed by atoms with van der Waals surface area (Å²) in [6, 6.07) is 0.171. The van der Waals surface area contributed by atoms with E-state index in [0.29, 0.717) is 30.7 Å². The van der Waals surface area contributed by atoms with Gasteiger partial charge in [-0.3, -0.25) is 0 Å². The van der Waals surface area contributed by atoms with E-state index >= 15 is 0 Å². The number of fused-ring (bicyclic) bond motifs is 1. The largest absolute Gasteiger partial charge is 0.477 e. The molecular weight excluding hydrogens is 254 g/mol. The monoisotopic (exact) mass is 273 g/mol. The van der Waals surface area contributed by atoms with E-state index < -0.39 is 5.54 Å². The van der Waals surface area contributed by atoms with Gasteiger partial charge < -0.3 is 16.2 Å². The molecule has 1 aliphatic carbocycles. The molecular formula is C14H19N5O. The fourth-order valence-corrected chi connectivity index (χ4v) is 2.48. The van der Waals surface area contributed by atoms with Crippen molar-refractivity contribution in [2.45, 2.75) is 31.8 Å². The van der Waals surface area contributed by atoms with E-state index in [2.05, 4.69) is 28.8 Å². The van der Waals surface area contributed by atoms with Crippen LogP contribution in [0.15, 0.2) is 17.4 Å². The molecule has 2 atom stereocenters. The first kappa shape index (κ1) is 13.1. The van der Waals surface area contributed by atoms with E-state index in [9.17, 15) is 0 Å². The van der Waals surface area contributed by atoms with Crippen LogP contribution in [0.25, 0.3) is 6.08 Å². The number of ether oxygens (including phenoxy) is 1. The quantitative estimate of drug-likeness (QED) is 0.829. The molecule has 0 radical (unpaired) electrons. The summed E-state index contributed by atoms with van der Waals surface area (Å²) in [6.07, 6.45) is 5.73. The number of nitrogens with zero attached hydrogens (tertiary/aromatic N) is 3. The van der Waals surface area contributed by atoms with Crippen LogP contribution in [0.4, 0.5) is 5.82 Å². The summed E-state index contributed by atoms with van der Waals surface area (Å²) < 4.78 is 5.72. The topological polar surface area (TPSA) is 99.4 Å². The summed E-state index contributed by atoms with van der Waals surface area (Å²) in [4.78, 5) is 12.8. The van der Waals surface area contributed by atoms with E-state index in [-0.39, 0.29) is 6.04 Å². The summed E-state index contributed by atoms with van der Waals surface area (Å²) >= 11 is 0. The Balaban J connectivity index is 1.93. The van der Waals surface area contributed by atoms with Crippen LogP contribution in [0.2, 0.25) is 0 Å². The van der Waals surface area contributed by atoms with E-state index in [1.807, 2.05) is 12.2 Å². The molecule has 0 spiro atoms. The van der Waals surface area contributed by atoms with Gasteiger partial charge in [-0.25, -0.2) is 15.0 Å². The van der Waals surface area contributed by atoms with Crippen LogP contribution in [-0.2, 0) is 11.2 Å². The van der Waals surface area contributed by atoms with Gasteiger partial charge in [0.15, 0.2) is 0 Å². The highest BCUT2D eigenvalue weighted by molar-refractivity contribution is 5.92. The lowest BCUT2D eigenvalue weighted by Gasteiger charge is -2.29. The minimum atomic E-state index is -0.754. The lowest BCUT2D eigenvalue weighted by Crippen LogP contribution is -2.49. The highest BCUT2D eigenvalue weighted by atomic mass is 16.5. The van der Waals surface area contributed by atoms with Crippen LogP contribution >= 0.6 is 0 Å². The van der Waals surface area contributed by atoms with Crippen LogP contribution in [0.1, 0.15) is 25.1 Å². The molecule has 6 heteroatoms. The van der Waals surface area contributed by atoms with E-state index in [4.69, 9.17) is 16.2 Å². The van der Waals surface area contributed by atoms with E-state index in [1.54, 1.807) is 0 Å². The maximum absolute atomic E-state index is 6.46. The first-order valence-corrected chi connectivity index (χ1v) is 6.78. The van der Waals surface area contributed by atoms with Crippen LogP contribution in [-0.4, -0.2) is 34.1 Å². The number of aromatic nitrogens is 2. The lowest BCUT2D eigenvalue weighted by molar-refractivity contribution is 0.275. The van der Waals surface area contributed by atoms with Crippen LogP contribution in [0.3, 0.4) is 0 Å². The zero-order chi connectivity index (χ0) is 14.3. The van der Waals surface area contributed by atoms with Crippen LogP contribution in [0, 0.1) is 5.92 Å². The summed E-state index contributed by atoms with van der Waals surface area (Å²) in [6.45, 7) is 4.84. The molecule has 0 fully saturated rings. The average molecular weight is 273 g/mol. The van der Waals surface area contributed by atoms with Crippen molar-refractivity contribution < 1.29 is 4.74 Å². The Bertz CT molecular complexity index is 595. The predicted molar refractivity (Wildman–Crippen MR) is 78.1 cm³/mol. The van der Waals surface area contributed by atoms with E-state index in [1.165, 1.54) is 6.33 Å². The first-order valence-electron chi connectivity index (χ1n) is 6.78. The van der Waals surface area contributed by atoms with Gasteiger partial charge in [0.25, 0.3) is 0 Å². The van der Waals surface area contributed by atoms with Crippen molar-refractivity contribution in [3.8, 4) is 0 Å². The molecule has 1 aliphatic heterocycles. The van der Waals surface area contributed by atoms with Gasteiger partial charge in [0.1, 0.15) is 24.3 Å². The van der Waals surface area contributed by atoms with Crippen molar-refractivity contribution in [1.29, 1.82) is 0 Å². The summed E-state index contributed by atoms with van der Waals surface area (Å²) in [5, 5.41) is 0. The maximum atomic E-state index is 6.46. The van der Waals surface area contributed by atoms with Gasteiger partial charge >= 0.3 is 0 Å². The number of nitrogens with two attached hydrogens (primary N) is 2. The molecule has 2 aliphatic rings. The number of hydrogen-bond acceptors (Lipinski definition) is 6. The number of hydrogen-bond donors (Lipinski definition) is 2. The third-order valence-corrected chi connectivity index (χ3v) is 3.86. The average Bonchev–Trinajstić information content (AvgIpc) is 2.90. The zero-order valence-corrected chi connectivity index (χ0v) is 11.7. The molecule has 1 aromatic rings. The van der Waals surface area contributed by atoms with Crippen molar-refractivity contribution in [3.05, 3.63) is 23.7 Å². The van der Waals surface area contributed by atoms with Gasteiger partial charge in [-0.2, -0.15) is 0 Å². The summed E-state index contributed by atoms with van der Waals surface area (Å²) in [5.41, 5.74) is 13.3. The third kappa shape index (κ3) is 2.06. The van der Waals surface area contributed by atoms with Crippen molar-refractivity contribution in [2.75, 3.05) is 12.3 Å². The van der Waals surface area contributed by atoms with Gasteiger partial charge in [0.2, 0.25) is 5.90 Å². The predicted octanol–water partition coefficient (Wildman–Crippen LogP) is 0.779. The maximum Gasteiger partial charge on any atom is 0.208 e. The second-order valence-electron chi connectivity index (χ2n) is 5.73. The molecule has 0 aromatic carbocycles. The molecule has 0 saturated carbocycles. The Labute approximate surface area is 118 Å². The Morgan fingerprint density at radius 2 is 2.20 bits per heavy atom. The summed E-state index contributed by atoms with van der Waals surface area (Å²) in [5.74, 6) is 1.49. The number of rotatable bonds is 2. The highest BCUT2D eigenvalue weighted by Gasteiger charge is 2.39.